The summed E-state index contributed by atoms with van der Waals surface area (Å²) in [5, 5.41) is 2.87. The van der Waals surface area contributed by atoms with Crippen molar-refractivity contribution in [3.05, 3.63) is 65.9 Å². The van der Waals surface area contributed by atoms with Crippen molar-refractivity contribution in [2.24, 2.45) is 0 Å². The van der Waals surface area contributed by atoms with Crippen LogP contribution in [0.4, 0.5) is 17.5 Å². The first kappa shape index (κ1) is 23.2. The van der Waals surface area contributed by atoms with E-state index >= 15 is 0 Å². The third-order valence-electron chi connectivity index (χ3n) is 5.73. The van der Waals surface area contributed by atoms with Crippen molar-refractivity contribution >= 4 is 23.4 Å². The van der Waals surface area contributed by atoms with Crippen LogP contribution in [0.3, 0.4) is 0 Å². The average Bonchev–Trinajstić information content (AvgIpc) is 2.88. The van der Waals surface area contributed by atoms with Gasteiger partial charge in [0.15, 0.2) is 0 Å². The normalized spacial score (nSPS) is 13.5. The maximum atomic E-state index is 12.6. The maximum Gasteiger partial charge on any atom is 0.256 e. The molecule has 1 aliphatic heterocycles. The molecule has 1 amide bonds. The second-order valence-electron chi connectivity index (χ2n) is 7.87. The van der Waals surface area contributed by atoms with E-state index in [0.717, 1.165) is 48.9 Å². The van der Waals surface area contributed by atoms with Crippen molar-refractivity contribution in [2.45, 2.75) is 13.5 Å². The first-order valence-corrected chi connectivity index (χ1v) is 11.3. The first-order valence-electron chi connectivity index (χ1n) is 11.3. The lowest BCUT2D eigenvalue weighted by molar-refractivity contribution is 0.0951. The fourth-order valence-corrected chi connectivity index (χ4v) is 3.90. The van der Waals surface area contributed by atoms with Gasteiger partial charge in [-0.05, 0) is 36.8 Å². The standard InChI is InChI=1S/C25H30N6O3/c1-3-34-19-10-8-18(9-11-19)16-27-24(32)20-17-28-25(29-23(20)26)31-14-12-30(13-15-31)21-6-4-5-7-22(21)33-2/h4-11,17H,3,12-16H2,1-2H3,(H,27,32)(H2,26,28,29). The Labute approximate surface area is 199 Å². The molecule has 178 valence electrons. The largest absolute Gasteiger partial charge is 0.495 e. The van der Waals surface area contributed by atoms with Gasteiger partial charge in [0.05, 0.1) is 25.0 Å². The van der Waals surface area contributed by atoms with Crippen LogP contribution in [0, 0.1) is 0 Å². The SMILES string of the molecule is CCOc1ccc(CNC(=O)c2cnc(N3CCN(c4ccccc4OC)CC3)nc2N)cc1. The second-order valence-corrected chi connectivity index (χ2v) is 7.87. The number of carbonyl (C=O) groups is 1. The van der Waals surface area contributed by atoms with Gasteiger partial charge in [-0.2, -0.15) is 4.98 Å². The molecule has 0 atom stereocenters. The number of piperazine rings is 1. The highest BCUT2D eigenvalue weighted by Crippen LogP contribution is 2.29. The Hall–Kier alpha value is -4.01. The van der Waals surface area contributed by atoms with Gasteiger partial charge in [-0.1, -0.05) is 24.3 Å². The molecule has 0 radical (unpaired) electrons. The first-order chi connectivity index (χ1) is 16.6. The number of nitrogen functional groups attached to an aromatic ring is 1. The van der Waals surface area contributed by atoms with Crippen LogP contribution < -0.4 is 30.3 Å². The van der Waals surface area contributed by atoms with Crippen molar-refractivity contribution in [1.29, 1.82) is 0 Å². The zero-order valence-corrected chi connectivity index (χ0v) is 19.5. The molecule has 2 heterocycles. The number of ether oxygens (including phenoxy) is 2. The molecular weight excluding hydrogens is 432 g/mol. The minimum Gasteiger partial charge on any atom is -0.495 e. The van der Waals surface area contributed by atoms with Crippen molar-refractivity contribution in [2.75, 3.05) is 55.4 Å². The molecule has 0 aliphatic carbocycles. The van der Waals surface area contributed by atoms with Crippen LogP contribution >= 0.6 is 0 Å². The predicted molar refractivity (Wildman–Crippen MR) is 133 cm³/mol. The van der Waals surface area contributed by atoms with Crippen molar-refractivity contribution in [3.63, 3.8) is 0 Å². The van der Waals surface area contributed by atoms with Gasteiger partial charge >= 0.3 is 0 Å². The molecule has 1 saturated heterocycles. The molecule has 1 fully saturated rings. The number of rotatable bonds is 8. The molecule has 0 spiro atoms. The Bertz CT molecular complexity index is 1110. The Morgan fingerprint density at radius 1 is 1.06 bits per heavy atom. The van der Waals surface area contributed by atoms with Gasteiger partial charge < -0.3 is 30.3 Å². The number of para-hydroxylation sites is 2. The number of nitrogens with two attached hydrogens (primary N) is 1. The molecule has 1 aromatic heterocycles. The lowest BCUT2D eigenvalue weighted by atomic mass is 10.2. The van der Waals surface area contributed by atoms with E-state index < -0.39 is 0 Å². The van der Waals surface area contributed by atoms with Gasteiger partial charge in [-0.15, -0.1) is 0 Å². The van der Waals surface area contributed by atoms with E-state index in [-0.39, 0.29) is 17.3 Å². The summed E-state index contributed by atoms with van der Waals surface area (Å²) in [5.41, 5.74) is 8.42. The van der Waals surface area contributed by atoms with Crippen LogP contribution in [0.15, 0.2) is 54.7 Å². The topological polar surface area (TPSA) is 106 Å². The van der Waals surface area contributed by atoms with E-state index in [1.54, 1.807) is 7.11 Å². The molecule has 0 unspecified atom stereocenters. The molecule has 1 aliphatic rings. The Balaban J connectivity index is 1.34. The summed E-state index contributed by atoms with van der Waals surface area (Å²) in [6.45, 7) is 6.00. The number of nitrogens with one attached hydrogen (secondary N) is 1. The van der Waals surface area contributed by atoms with Gasteiger partial charge in [0, 0.05) is 38.9 Å². The summed E-state index contributed by atoms with van der Waals surface area (Å²) in [7, 11) is 1.68. The fourth-order valence-electron chi connectivity index (χ4n) is 3.90. The zero-order chi connectivity index (χ0) is 23.9. The third-order valence-corrected chi connectivity index (χ3v) is 5.73. The number of benzene rings is 2. The van der Waals surface area contributed by atoms with E-state index in [2.05, 4.69) is 31.2 Å². The summed E-state index contributed by atoms with van der Waals surface area (Å²) in [6, 6.07) is 15.6. The lowest BCUT2D eigenvalue weighted by Crippen LogP contribution is -2.47. The monoisotopic (exact) mass is 462 g/mol. The summed E-state index contributed by atoms with van der Waals surface area (Å²) < 4.78 is 10.9. The molecule has 3 aromatic rings. The molecule has 34 heavy (non-hydrogen) atoms. The number of aromatic nitrogens is 2. The van der Waals surface area contributed by atoms with Crippen LogP contribution in [0.2, 0.25) is 0 Å². The predicted octanol–water partition coefficient (Wildman–Crippen LogP) is 2.72. The summed E-state index contributed by atoms with van der Waals surface area (Å²) in [6.07, 6.45) is 1.50. The van der Waals surface area contributed by atoms with Gasteiger partial charge in [0.2, 0.25) is 5.95 Å². The summed E-state index contributed by atoms with van der Waals surface area (Å²) >= 11 is 0. The molecule has 9 heteroatoms. The number of carbonyl (C=O) groups excluding carboxylic acids is 1. The zero-order valence-electron chi connectivity index (χ0n) is 19.5. The summed E-state index contributed by atoms with van der Waals surface area (Å²) in [5.74, 6) is 2.05. The minimum absolute atomic E-state index is 0.168. The van der Waals surface area contributed by atoms with E-state index in [1.165, 1.54) is 6.20 Å². The molecule has 3 N–H and O–H groups in total. The third kappa shape index (κ3) is 5.31. The highest BCUT2D eigenvalue weighted by atomic mass is 16.5. The van der Waals surface area contributed by atoms with Gasteiger partial charge in [0.25, 0.3) is 5.91 Å². The molecular formula is C25H30N6O3. The van der Waals surface area contributed by atoms with E-state index in [0.29, 0.717) is 19.1 Å². The number of hydrogen-bond donors (Lipinski definition) is 2. The molecule has 2 aromatic carbocycles. The van der Waals surface area contributed by atoms with E-state index in [4.69, 9.17) is 15.2 Å². The maximum absolute atomic E-state index is 12.6. The van der Waals surface area contributed by atoms with Crippen LogP contribution in [-0.2, 0) is 6.54 Å². The Kier molecular flexibility index (Phi) is 7.31. The summed E-state index contributed by atoms with van der Waals surface area (Å²) in [4.78, 5) is 25.8. The Morgan fingerprint density at radius 3 is 2.44 bits per heavy atom. The number of hydrogen-bond acceptors (Lipinski definition) is 8. The lowest BCUT2D eigenvalue weighted by Gasteiger charge is -2.36. The van der Waals surface area contributed by atoms with E-state index in [1.807, 2.05) is 49.4 Å². The van der Waals surface area contributed by atoms with Crippen molar-refractivity contribution in [1.82, 2.24) is 15.3 Å². The van der Waals surface area contributed by atoms with Crippen molar-refractivity contribution in [3.8, 4) is 11.5 Å². The quantitative estimate of drug-likeness (QED) is 0.526. The second kappa shape index (κ2) is 10.7. The Morgan fingerprint density at radius 2 is 1.76 bits per heavy atom. The minimum atomic E-state index is -0.307. The molecule has 0 bridgehead atoms. The number of anilines is 3. The number of nitrogens with zero attached hydrogens (tertiary/aromatic N) is 4. The van der Waals surface area contributed by atoms with Gasteiger partial charge in [0.1, 0.15) is 17.3 Å². The fraction of sp³-hybridized carbons (Fsp3) is 0.320. The average molecular weight is 463 g/mol. The van der Waals surface area contributed by atoms with Crippen LogP contribution in [0.1, 0.15) is 22.8 Å². The van der Waals surface area contributed by atoms with Crippen LogP contribution in [0.5, 0.6) is 11.5 Å². The van der Waals surface area contributed by atoms with Crippen LogP contribution in [0.25, 0.3) is 0 Å². The number of amides is 1. The highest BCUT2D eigenvalue weighted by Gasteiger charge is 2.22. The van der Waals surface area contributed by atoms with Gasteiger partial charge in [-0.25, -0.2) is 4.98 Å². The van der Waals surface area contributed by atoms with Crippen molar-refractivity contribution < 1.29 is 14.3 Å². The molecule has 0 saturated carbocycles. The van der Waals surface area contributed by atoms with E-state index in [9.17, 15) is 4.79 Å². The highest BCUT2D eigenvalue weighted by molar-refractivity contribution is 5.98. The molecule has 4 rings (SSSR count). The smallest absolute Gasteiger partial charge is 0.256 e. The van der Waals surface area contributed by atoms with Crippen LogP contribution in [-0.4, -0.2) is 55.8 Å². The molecule has 9 nitrogen and oxygen atoms in total. The van der Waals surface area contributed by atoms with Gasteiger partial charge in [-0.3, -0.25) is 4.79 Å². The number of methoxy groups -OCH3 is 1.